The van der Waals surface area contributed by atoms with E-state index in [1.807, 2.05) is 32.9 Å². The van der Waals surface area contributed by atoms with Gasteiger partial charge >= 0.3 is 0 Å². The Morgan fingerprint density at radius 1 is 1.42 bits per heavy atom. The lowest BCUT2D eigenvalue weighted by molar-refractivity contribution is -0.125. The van der Waals surface area contributed by atoms with E-state index in [1.165, 1.54) is 0 Å². The molecule has 1 fully saturated rings. The number of hydrogen-bond acceptors (Lipinski definition) is 3. The average molecular weight is 262 g/mol. The van der Waals surface area contributed by atoms with Gasteiger partial charge < -0.3 is 15.7 Å². The minimum atomic E-state index is -0.370. The van der Waals surface area contributed by atoms with Gasteiger partial charge in [-0.3, -0.25) is 4.79 Å². The molecular weight excluding hydrogens is 240 g/mol. The number of nitrogens with one attached hydrogen (secondary N) is 2. The number of phenolic OH excluding ortho intramolecular Hbond substituents is 1. The van der Waals surface area contributed by atoms with Gasteiger partial charge in [-0.2, -0.15) is 0 Å². The lowest BCUT2D eigenvalue weighted by atomic mass is 9.82. The Morgan fingerprint density at radius 3 is 2.79 bits per heavy atom. The number of hydrogen-bond donors (Lipinski definition) is 3. The highest BCUT2D eigenvalue weighted by atomic mass is 16.3. The number of rotatable bonds is 2. The predicted molar refractivity (Wildman–Crippen MR) is 76.4 cm³/mol. The Balaban J connectivity index is 2.17. The number of carbonyl (C=O) groups excluding carboxylic acids is 1. The number of benzene rings is 1. The van der Waals surface area contributed by atoms with Gasteiger partial charge in [-0.25, -0.2) is 0 Å². The molecule has 19 heavy (non-hydrogen) atoms. The largest absolute Gasteiger partial charge is 0.507 e. The fourth-order valence-electron chi connectivity index (χ4n) is 2.49. The molecule has 1 saturated heterocycles. The number of carbonyl (C=O) groups is 1. The van der Waals surface area contributed by atoms with Gasteiger partial charge in [0.15, 0.2) is 0 Å². The first-order valence-corrected chi connectivity index (χ1v) is 6.75. The van der Waals surface area contributed by atoms with E-state index < -0.39 is 0 Å². The van der Waals surface area contributed by atoms with E-state index in [1.54, 1.807) is 0 Å². The summed E-state index contributed by atoms with van der Waals surface area (Å²) >= 11 is 0. The summed E-state index contributed by atoms with van der Waals surface area (Å²) in [6.07, 6.45) is 1.91. The molecule has 1 aromatic rings. The quantitative estimate of drug-likeness (QED) is 0.766. The van der Waals surface area contributed by atoms with Gasteiger partial charge in [0.2, 0.25) is 5.91 Å². The van der Waals surface area contributed by atoms with Crippen molar-refractivity contribution in [3.63, 3.8) is 0 Å². The molecule has 0 spiro atoms. The van der Waals surface area contributed by atoms with Crippen molar-refractivity contribution in [2.45, 2.75) is 33.6 Å². The molecule has 4 heteroatoms. The second-order valence-corrected chi connectivity index (χ2v) is 5.70. The van der Waals surface area contributed by atoms with Crippen LogP contribution in [0.25, 0.3) is 0 Å². The number of phenols is 1. The molecule has 0 bridgehead atoms. The fraction of sp³-hybridized carbons (Fsp3) is 0.533. The monoisotopic (exact) mass is 262 g/mol. The highest BCUT2D eigenvalue weighted by Gasteiger charge is 2.34. The smallest absolute Gasteiger partial charge is 0.231 e. The number of aryl methyl sites for hydroxylation is 1. The number of aromatic hydroxyl groups is 1. The average Bonchev–Trinajstić information content (AvgIpc) is 2.40. The Bertz CT molecular complexity index is 491. The second kappa shape index (κ2) is 5.21. The summed E-state index contributed by atoms with van der Waals surface area (Å²) < 4.78 is 0. The Hall–Kier alpha value is -1.55. The van der Waals surface area contributed by atoms with E-state index in [2.05, 4.69) is 10.6 Å². The fourth-order valence-corrected chi connectivity index (χ4v) is 2.49. The van der Waals surface area contributed by atoms with E-state index in [0.29, 0.717) is 12.2 Å². The molecular formula is C15H22N2O2. The maximum absolute atomic E-state index is 12.4. The molecule has 0 aliphatic carbocycles. The molecule has 2 rings (SSSR count). The van der Waals surface area contributed by atoms with Crippen LogP contribution in [0.1, 0.15) is 30.9 Å². The van der Waals surface area contributed by atoms with Gasteiger partial charge in [-0.1, -0.05) is 6.07 Å². The van der Waals surface area contributed by atoms with Crippen molar-refractivity contribution in [3.05, 3.63) is 23.3 Å². The molecule has 0 radical (unpaired) electrons. The van der Waals surface area contributed by atoms with Crippen LogP contribution in [0.2, 0.25) is 0 Å². The molecule has 1 aliphatic rings. The summed E-state index contributed by atoms with van der Waals surface area (Å²) in [4.78, 5) is 12.4. The van der Waals surface area contributed by atoms with Crippen molar-refractivity contribution in [1.82, 2.24) is 5.32 Å². The highest BCUT2D eigenvalue weighted by molar-refractivity contribution is 5.96. The molecule has 0 saturated carbocycles. The summed E-state index contributed by atoms with van der Waals surface area (Å²) in [5, 5.41) is 16.1. The lowest BCUT2D eigenvalue weighted by Gasteiger charge is -2.32. The van der Waals surface area contributed by atoms with Gasteiger partial charge in [-0.15, -0.1) is 0 Å². The van der Waals surface area contributed by atoms with Crippen LogP contribution in [0.3, 0.4) is 0 Å². The third kappa shape index (κ3) is 2.73. The zero-order valence-corrected chi connectivity index (χ0v) is 11.8. The summed E-state index contributed by atoms with van der Waals surface area (Å²) in [5.41, 5.74) is 1.87. The number of piperidine rings is 1. The molecule has 104 valence electrons. The Labute approximate surface area is 114 Å². The third-order valence-corrected chi connectivity index (χ3v) is 4.03. The predicted octanol–water partition coefficient (Wildman–Crippen LogP) is 2.34. The van der Waals surface area contributed by atoms with E-state index in [-0.39, 0.29) is 17.1 Å². The van der Waals surface area contributed by atoms with Gasteiger partial charge in [-0.05, 0) is 51.8 Å². The summed E-state index contributed by atoms with van der Waals surface area (Å²) in [7, 11) is 0. The zero-order valence-electron chi connectivity index (χ0n) is 11.8. The van der Waals surface area contributed by atoms with Gasteiger partial charge in [0.05, 0.1) is 5.41 Å². The van der Waals surface area contributed by atoms with Crippen LogP contribution < -0.4 is 10.6 Å². The highest BCUT2D eigenvalue weighted by Crippen LogP contribution is 2.31. The molecule has 1 aliphatic heterocycles. The normalized spacial score (nSPS) is 23.1. The lowest BCUT2D eigenvalue weighted by Crippen LogP contribution is -2.46. The first-order valence-electron chi connectivity index (χ1n) is 6.75. The minimum Gasteiger partial charge on any atom is -0.507 e. The Kier molecular flexibility index (Phi) is 3.80. The van der Waals surface area contributed by atoms with Gasteiger partial charge in [0.25, 0.3) is 0 Å². The SMILES string of the molecule is Cc1ccc(NC(=O)C2(C)CCCNC2)c(C)c1O. The molecule has 1 atom stereocenters. The van der Waals surface area contributed by atoms with E-state index in [0.717, 1.165) is 30.5 Å². The Morgan fingerprint density at radius 2 is 2.16 bits per heavy atom. The molecule has 1 heterocycles. The van der Waals surface area contributed by atoms with E-state index in [9.17, 15) is 9.90 Å². The molecule has 1 unspecified atom stereocenters. The molecule has 3 N–H and O–H groups in total. The van der Waals surface area contributed by atoms with Crippen LogP contribution in [-0.4, -0.2) is 24.1 Å². The summed E-state index contributed by atoms with van der Waals surface area (Å²) in [5.74, 6) is 0.274. The topological polar surface area (TPSA) is 61.4 Å². The van der Waals surface area contributed by atoms with Gasteiger partial charge in [0.1, 0.15) is 5.75 Å². The third-order valence-electron chi connectivity index (χ3n) is 4.03. The van der Waals surface area contributed by atoms with Crippen molar-refractivity contribution >= 4 is 11.6 Å². The van der Waals surface area contributed by atoms with Crippen LogP contribution in [0.4, 0.5) is 5.69 Å². The molecule has 1 aromatic carbocycles. The summed E-state index contributed by atoms with van der Waals surface area (Å²) in [6.45, 7) is 7.33. The van der Waals surface area contributed by atoms with Crippen LogP contribution in [-0.2, 0) is 4.79 Å². The molecule has 4 nitrogen and oxygen atoms in total. The number of amides is 1. The summed E-state index contributed by atoms with van der Waals surface area (Å²) in [6, 6.07) is 3.67. The minimum absolute atomic E-state index is 0.0195. The van der Waals surface area contributed by atoms with E-state index in [4.69, 9.17) is 0 Å². The first-order chi connectivity index (χ1) is 8.94. The van der Waals surface area contributed by atoms with Crippen molar-refractivity contribution in [2.75, 3.05) is 18.4 Å². The molecule has 0 aromatic heterocycles. The van der Waals surface area contributed by atoms with Crippen LogP contribution >= 0.6 is 0 Å². The zero-order chi connectivity index (χ0) is 14.0. The maximum atomic E-state index is 12.4. The van der Waals surface area contributed by atoms with Crippen molar-refractivity contribution < 1.29 is 9.90 Å². The van der Waals surface area contributed by atoms with Crippen LogP contribution in [0.5, 0.6) is 5.75 Å². The van der Waals surface area contributed by atoms with Crippen molar-refractivity contribution in [1.29, 1.82) is 0 Å². The van der Waals surface area contributed by atoms with E-state index >= 15 is 0 Å². The standard InChI is InChI=1S/C15H22N2O2/c1-10-5-6-12(11(2)13(10)18)17-14(19)15(3)7-4-8-16-9-15/h5-6,16,18H,4,7-9H2,1-3H3,(H,17,19). The van der Waals surface area contributed by atoms with Crippen LogP contribution in [0, 0.1) is 19.3 Å². The van der Waals surface area contributed by atoms with Crippen molar-refractivity contribution in [3.8, 4) is 5.75 Å². The second-order valence-electron chi connectivity index (χ2n) is 5.70. The first kappa shape index (κ1) is 13.9. The van der Waals surface area contributed by atoms with Gasteiger partial charge in [0, 0.05) is 17.8 Å². The molecule has 1 amide bonds. The number of anilines is 1. The van der Waals surface area contributed by atoms with Crippen molar-refractivity contribution in [2.24, 2.45) is 5.41 Å². The maximum Gasteiger partial charge on any atom is 0.231 e. The van der Waals surface area contributed by atoms with Crippen LogP contribution in [0.15, 0.2) is 12.1 Å².